The molecule has 5 heteroatoms. The summed E-state index contributed by atoms with van der Waals surface area (Å²) in [5, 5.41) is 7.60. The number of carboxylic acid groups (broad SMARTS) is 1. The molecule has 0 bridgehead atoms. The predicted octanol–water partition coefficient (Wildman–Crippen LogP) is 1.02. The van der Waals surface area contributed by atoms with E-state index in [1.54, 1.807) is 0 Å². The second-order valence-corrected chi connectivity index (χ2v) is 1.27. The van der Waals surface area contributed by atoms with E-state index in [2.05, 4.69) is 17.9 Å². The molecule has 0 radical (unpaired) electrons. The minimum absolute atomic E-state index is 0. The zero-order chi connectivity index (χ0) is 9.28. The van der Waals surface area contributed by atoms with Gasteiger partial charge in [-0.05, 0) is 0 Å². The van der Waals surface area contributed by atoms with Gasteiger partial charge in [0, 0.05) is 12.2 Å². The standard InChI is InChI=1S/C4H6O2.C3H4O2.ClH/c1-3-4(5)6-2;1-2-3(4)5;/h3H,1H2,2H3;2H,1H2,(H,4,5);1H. The van der Waals surface area contributed by atoms with Gasteiger partial charge in [0.2, 0.25) is 0 Å². The zero-order valence-electron chi connectivity index (χ0n) is 6.65. The Labute approximate surface area is 76.9 Å². The van der Waals surface area contributed by atoms with Crippen molar-refractivity contribution in [1.82, 2.24) is 0 Å². The Kier molecular flexibility index (Phi) is 17.5. The smallest absolute Gasteiger partial charge is 0.329 e. The van der Waals surface area contributed by atoms with Crippen molar-refractivity contribution in [3.63, 3.8) is 0 Å². The SMILES string of the molecule is C=CC(=O)O.C=CC(=O)OC.Cl. The number of rotatable bonds is 2. The molecule has 4 nitrogen and oxygen atoms in total. The predicted molar refractivity (Wildman–Crippen MR) is 47.3 cm³/mol. The molecule has 0 heterocycles. The molecule has 70 valence electrons. The minimum Gasteiger partial charge on any atom is -0.478 e. The molecular weight excluding hydrogens is 184 g/mol. The number of methoxy groups -OCH3 is 1. The van der Waals surface area contributed by atoms with E-state index in [4.69, 9.17) is 5.11 Å². The average Bonchev–Trinajstić information content (AvgIpc) is 2.04. The molecule has 1 N–H and O–H groups in total. The van der Waals surface area contributed by atoms with Crippen LogP contribution in [0.4, 0.5) is 0 Å². The number of hydrogen-bond acceptors (Lipinski definition) is 3. The van der Waals surface area contributed by atoms with Gasteiger partial charge in [0.15, 0.2) is 0 Å². The lowest BCUT2D eigenvalue weighted by molar-refractivity contribution is -0.135. The van der Waals surface area contributed by atoms with E-state index in [0.717, 1.165) is 12.2 Å². The third-order valence-electron chi connectivity index (χ3n) is 0.542. The summed E-state index contributed by atoms with van der Waals surface area (Å²) in [5.74, 6) is -1.37. The Morgan fingerprint density at radius 2 is 1.67 bits per heavy atom. The van der Waals surface area contributed by atoms with Gasteiger partial charge in [0.05, 0.1) is 7.11 Å². The molecule has 0 aliphatic carbocycles. The summed E-state index contributed by atoms with van der Waals surface area (Å²) in [6.07, 6.45) is 1.94. The lowest BCUT2D eigenvalue weighted by atomic mass is 10.7. The van der Waals surface area contributed by atoms with Crippen LogP contribution in [0.5, 0.6) is 0 Å². The van der Waals surface area contributed by atoms with Crippen LogP contribution >= 0.6 is 12.4 Å². The number of esters is 1. The van der Waals surface area contributed by atoms with Crippen LogP contribution in [0.3, 0.4) is 0 Å². The van der Waals surface area contributed by atoms with Gasteiger partial charge in [-0.15, -0.1) is 12.4 Å². The van der Waals surface area contributed by atoms with Crippen LogP contribution in [0.1, 0.15) is 0 Å². The van der Waals surface area contributed by atoms with E-state index in [1.165, 1.54) is 7.11 Å². The fraction of sp³-hybridized carbons (Fsp3) is 0.143. The zero-order valence-corrected chi connectivity index (χ0v) is 7.47. The normalized spacial score (nSPS) is 6.08. The van der Waals surface area contributed by atoms with E-state index < -0.39 is 11.9 Å². The first-order valence-corrected chi connectivity index (χ1v) is 2.64. The largest absolute Gasteiger partial charge is 0.478 e. The van der Waals surface area contributed by atoms with Crippen LogP contribution < -0.4 is 0 Å². The molecule has 0 saturated heterocycles. The molecule has 0 atom stereocenters. The number of carboxylic acids is 1. The highest BCUT2D eigenvalue weighted by Crippen LogP contribution is 1.67. The van der Waals surface area contributed by atoms with Gasteiger partial charge < -0.3 is 9.84 Å². The number of carbonyl (C=O) groups is 2. The summed E-state index contributed by atoms with van der Waals surface area (Å²) in [7, 11) is 1.31. The molecule has 0 amide bonds. The maximum atomic E-state index is 9.84. The van der Waals surface area contributed by atoms with E-state index in [0.29, 0.717) is 0 Å². The topological polar surface area (TPSA) is 63.6 Å². The second kappa shape index (κ2) is 12.4. The third kappa shape index (κ3) is 23.3. The molecule has 12 heavy (non-hydrogen) atoms. The van der Waals surface area contributed by atoms with Gasteiger partial charge in [0.1, 0.15) is 0 Å². The van der Waals surface area contributed by atoms with Crippen molar-refractivity contribution < 1.29 is 19.4 Å². The molecule has 0 aromatic heterocycles. The Balaban J connectivity index is -0.000000126. The molecule has 0 aromatic rings. The van der Waals surface area contributed by atoms with Gasteiger partial charge >= 0.3 is 11.9 Å². The first kappa shape index (κ1) is 17.0. The molecule has 0 saturated carbocycles. The summed E-state index contributed by atoms with van der Waals surface area (Å²) in [6, 6.07) is 0. The van der Waals surface area contributed by atoms with Crippen molar-refractivity contribution in [1.29, 1.82) is 0 Å². The van der Waals surface area contributed by atoms with Gasteiger partial charge in [-0.1, -0.05) is 13.2 Å². The van der Waals surface area contributed by atoms with Gasteiger partial charge in [-0.2, -0.15) is 0 Å². The summed E-state index contributed by atoms with van der Waals surface area (Å²) >= 11 is 0. The van der Waals surface area contributed by atoms with Gasteiger partial charge in [-0.3, -0.25) is 0 Å². The summed E-state index contributed by atoms with van der Waals surface area (Å²) in [4.78, 5) is 19.1. The molecule has 0 aliphatic heterocycles. The maximum Gasteiger partial charge on any atom is 0.329 e. The lowest BCUT2D eigenvalue weighted by Gasteiger charge is -1.83. The molecule has 0 spiro atoms. The summed E-state index contributed by atoms with van der Waals surface area (Å²) in [6.45, 7) is 6.12. The average molecular weight is 195 g/mol. The number of ether oxygens (including phenoxy) is 1. The van der Waals surface area contributed by atoms with Crippen LogP contribution in [0.2, 0.25) is 0 Å². The third-order valence-corrected chi connectivity index (χ3v) is 0.542. The van der Waals surface area contributed by atoms with E-state index in [-0.39, 0.29) is 12.4 Å². The number of aliphatic carboxylic acids is 1. The fourth-order valence-electron chi connectivity index (χ4n) is 0.0833. The Morgan fingerprint density at radius 3 is 1.67 bits per heavy atom. The van der Waals surface area contributed by atoms with E-state index in [1.807, 2.05) is 0 Å². The molecule has 0 rings (SSSR count). The Hall–Kier alpha value is -1.29. The highest BCUT2D eigenvalue weighted by atomic mass is 35.5. The van der Waals surface area contributed by atoms with E-state index >= 15 is 0 Å². The number of hydrogen-bond donors (Lipinski definition) is 1. The van der Waals surface area contributed by atoms with E-state index in [9.17, 15) is 9.59 Å². The van der Waals surface area contributed by atoms with Crippen LogP contribution in [-0.2, 0) is 14.3 Å². The van der Waals surface area contributed by atoms with Crippen molar-refractivity contribution in [2.24, 2.45) is 0 Å². The van der Waals surface area contributed by atoms with Crippen molar-refractivity contribution in [3.8, 4) is 0 Å². The number of carbonyl (C=O) groups excluding carboxylic acids is 1. The van der Waals surface area contributed by atoms with Crippen molar-refractivity contribution >= 4 is 24.3 Å². The fourth-order valence-corrected chi connectivity index (χ4v) is 0.0833. The number of halogens is 1. The minimum atomic E-state index is -0.981. The van der Waals surface area contributed by atoms with Gasteiger partial charge in [-0.25, -0.2) is 9.59 Å². The highest BCUT2D eigenvalue weighted by Gasteiger charge is 1.81. The molecular formula is C7H11ClO4. The van der Waals surface area contributed by atoms with Crippen LogP contribution in [0.15, 0.2) is 25.3 Å². The molecule has 0 unspecified atom stereocenters. The maximum absolute atomic E-state index is 9.84. The van der Waals surface area contributed by atoms with Crippen LogP contribution in [-0.4, -0.2) is 24.2 Å². The summed E-state index contributed by atoms with van der Waals surface area (Å²) < 4.78 is 4.14. The van der Waals surface area contributed by atoms with Crippen LogP contribution in [0.25, 0.3) is 0 Å². The van der Waals surface area contributed by atoms with Crippen molar-refractivity contribution in [2.45, 2.75) is 0 Å². The first-order valence-electron chi connectivity index (χ1n) is 2.64. The highest BCUT2D eigenvalue weighted by molar-refractivity contribution is 5.85. The monoisotopic (exact) mass is 194 g/mol. The quantitative estimate of drug-likeness (QED) is 0.527. The molecule has 0 aromatic carbocycles. The van der Waals surface area contributed by atoms with Crippen molar-refractivity contribution in [3.05, 3.63) is 25.3 Å². The van der Waals surface area contributed by atoms with Crippen molar-refractivity contribution in [2.75, 3.05) is 7.11 Å². The van der Waals surface area contributed by atoms with Gasteiger partial charge in [0.25, 0.3) is 0 Å². The molecule has 0 aliphatic rings. The Bertz CT molecular complexity index is 165. The Morgan fingerprint density at radius 1 is 1.33 bits per heavy atom. The first-order chi connectivity index (χ1) is 5.08. The summed E-state index contributed by atoms with van der Waals surface area (Å²) in [5.41, 5.74) is 0. The van der Waals surface area contributed by atoms with Crippen LogP contribution in [0, 0.1) is 0 Å². The lowest BCUT2D eigenvalue weighted by Crippen LogP contribution is -1.91. The second-order valence-electron chi connectivity index (χ2n) is 1.27. The molecule has 0 fully saturated rings.